The van der Waals surface area contributed by atoms with Gasteiger partial charge < -0.3 is 10.3 Å². The maximum Gasteiger partial charge on any atom is 0.217 e. The van der Waals surface area contributed by atoms with E-state index in [1.165, 1.54) is 23.4 Å². The summed E-state index contributed by atoms with van der Waals surface area (Å²) in [5, 5.41) is 4.03. The summed E-state index contributed by atoms with van der Waals surface area (Å²) in [6.45, 7) is 3.89. The van der Waals surface area contributed by atoms with E-state index in [0.29, 0.717) is 6.54 Å². The first-order chi connectivity index (χ1) is 12.7. The molecule has 2 N–H and O–H groups in total. The number of carbonyl (C=O) groups is 1. The maximum atomic E-state index is 11.1. The number of hydrogen-bond donors (Lipinski definition) is 2. The Morgan fingerprint density at radius 1 is 1.35 bits per heavy atom. The highest BCUT2D eigenvalue weighted by Gasteiger charge is 2.27. The number of aromatic amines is 1. The number of benzene rings is 1. The van der Waals surface area contributed by atoms with Crippen LogP contribution in [0.1, 0.15) is 42.8 Å². The van der Waals surface area contributed by atoms with Crippen molar-refractivity contribution >= 4 is 16.8 Å². The number of fused-ring (bicyclic) bond motifs is 1. The normalized spacial score (nSPS) is 17.7. The predicted octanol–water partition coefficient (Wildman–Crippen LogP) is 2.93. The molecule has 2 aromatic heterocycles. The summed E-state index contributed by atoms with van der Waals surface area (Å²) in [6, 6.07) is 8.96. The van der Waals surface area contributed by atoms with E-state index >= 15 is 0 Å². The van der Waals surface area contributed by atoms with Gasteiger partial charge in [-0.05, 0) is 42.5 Å². The van der Waals surface area contributed by atoms with E-state index in [0.717, 1.165) is 37.3 Å². The van der Waals surface area contributed by atoms with Gasteiger partial charge in [0.1, 0.15) is 0 Å². The molecule has 0 saturated carbocycles. The van der Waals surface area contributed by atoms with Crippen molar-refractivity contribution in [2.24, 2.45) is 0 Å². The lowest BCUT2D eigenvalue weighted by atomic mass is 10.1. The molecular weight excluding hydrogens is 326 g/mol. The fourth-order valence-electron chi connectivity index (χ4n) is 3.66. The van der Waals surface area contributed by atoms with Gasteiger partial charge >= 0.3 is 0 Å². The first kappa shape index (κ1) is 16.7. The Kier molecular flexibility index (Phi) is 4.67. The highest BCUT2D eigenvalue weighted by atomic mass is 16.1. The minimum atomic E-state index is -0.0561. The Morgan fingerprint density at radius 2 is 2.27 bits per heavy atom. The SMILES string of the molecule is CC(=O)NCc1cncc([C@@H]2CCCN2Cc2ccc3cc[nH]c3c2)n1. The van der Waals surface area contributed by atoms with Crippen molar-refractivity contribution in [3.63, 3.8) is 0 Å². The van der Waals surface area contributed by atoms with Crippen molar-refractivity contribution in [2.75, 3.05) is 6.54 Å². The number of nitrogens with zero attached hydrogens (tertiary/aromatic N) is 3. The van der Waals surface area contributed by atoms with E-state index < -0.39 is 0 Å². The van der Waals surface area contributed by atoms with Crippen LogP contribution in [0.5, 0.6) is 0 Å². The number of nitrogens with one attached hydrogen (secondary N) is 2. The van der Waals surface area contributed by atoms with Crippen molar-refractivity contribution in [3.8, 4) is 0 Å². The summed E-state index contributed by atoms with van der Waals surface area (Å²) in [4.78, 5) is 25.9. The minimum Gasteiger partial charge on any atom is -0.361 e. The standard InChI is InChI=1S/C20H23N5O/c1-14(26)23-11-17-10-21-12-19(24-17)20-3-2-8-25(20)13-15-4-5-16-6-7-22-18(16)9-15/h4-7,9-10,12,20,22H,2-3,8,11,13H2,1H3,(H,23,26)/t20-/m0/s1. The molecule has 1 fully saturated rings. The molecule has 6 heteroatoms. The van der Waals surface area contributed by atoms with E-state index in [-0.39, 0.29) is 11.9 Å². The average molecular weight is 349 g/mol. The van der Waals surface area contributed by atoms with Crippen molar-refractivity contribution in [3.05, 3.63) is 59.8 Å². The molecule has 1 aliphatic heterocycles. The lowest BCUT2D eigenvalue weighted by molar-refractivity contribution is -0.119. The highest BCUT2D eigenvalue weighted by molar-refractivity contribution is 5.79. The highest BCUT2D eigenvalue weighted by Crippen LogP contribution is 2.32. The molecule has 26 heavy (non-hydrogen) atoms. The van der Waals surface area contributed by atoms with Gasteiger partial charge in [-0.1, -0.05) is 12.1 Å². The summed E-state index contributed by atoms with van der Waals surface area (Å²) in [5.74, 6) is -0.0561. The molecule has 3 heterocycles. The topological polar surface area (TPSA) is 73.9 Å². The van der Waals surface area contributed by atoms with E-state index in [4.69, 9.17) is 4.98 Å². The fraction of sp³-hybridized carbons (Fsp3) is 0.350. The number of amides is 1. The number of rotatable bonds is 5. The Balaban J connectivity index is 1.50. The molecule has 4 rings (SSSR count). The molecule has 0 spiro atoms. The Hall–Kier alpha value is -2.73. The van der Waals surface area contributed by atoms with E-state index in [2.05, 4.69) is 44.5 Å². The molecule has 1 aromatic carbocycles. The maximum absolute atomic E-state index is 11.1. The van der Waals surface area contributed by atoms with Crippen LogP contribution in [0.2, 0.25) is 0 Å². The Bertz CT molecular complexity index is 919. The molecule has 3 aromatic rings. The minimum absolute atomic E-state index is 0.0561. The first-order valence-corrected chi connectivity index (χ1v) is 9.04. The van der Waals surface area contributed by atoms with Crippen LogP contribution in [0.25, 0.3) is 10.9 Å². The van der Waals surface area contributed by atoms with Crippen LogP contribution in [0.15, 0.2) is 42.9 Å². The van der Waals surface area contributed by atoms with Crippen LogP contribution in [-0.4, -0.2) is 32.3 Å². The lowest BCUT2D eigenvalue weighted by Gasteiger charge is -2.24. The van der Waals surface area contributed by atoms with Gasteiger partial charge in [0.25, 0.3) is 0 Å². The summed E-state index contributed by atoms with van der Waals surface area (Å²) in [5.41, 5.74) is 4.27. The fourth-order valence-corrected chi connectivity index (χ4v) is 3.66. The third-order valence-electron chi connectivity index (χ3n) is 4.93. The second-order valence-electron chi connectivity index (χ2n) is 6.87. The van der Waals surface area contributed by atoms with Gasteiger partial charge in [0.15, 0.2) is 0 Å². The van der Waals surface area contributed by atoms with E-state index in [1.807, 2.05) is 12.4 Å². The van der Waals surface area contributed by atoms with Crippen LogP contribution in [-0.2, 0) is 17.9 Å². The average Bonchev–Trinajstić information content (AvgIpc) is 3.29. The van der Waals surface area contributed by atoms with Crippen molar-refractivity contribution in [1.82, 2.24) is 25.2 Å². The summed E-state index contributed by atoms with van der Waals surface area (Å²) < 4.78 is 0. The quantitative estimate of drug-likeness (QED) is 0.743. The van der Waals surface area contributed by atoms with Gasteiger partial charge in [0, 0.05) is 25.2 Å². The van der Waals surface area contributed by atoms with E-state index in [9.17, 15) is 4.79 Å². The van der Waals surface area contributed by atoms with Crippen molar-refractivity contribution in [1.29, 1.82) is 0 Å². The third kappa shape index (κ3) is 3.60. The number of carbonyl (C=O) groups excluding carboxylic acids is 1. The number of hydrogen-bond acceptors (Lipinski definition) is 4. The lowest BCUT2D eigenvalue weighted by Crippen LogP contribution is -2.25. The molecule has 0 radical (unpaired) electrons. The summed E-state index contributed by atoms with van der Waals surface area (Å²) in [6.07, 6.45) is 7.80. The molecule has 134 valence electrons. The van der Waals surface area contributed by atoms with Crippen LogP contribution < -0.4 is 5.32 Å². The molecule has 1 amide bonds. The van der Waals surface area contributed by atoms with Crippen LogP contribution in [0, 0.1) is 0 Å². The van der Waals surface area contributed by atoms with Crippen molar-refractivity contribution in [2.45, 2.75) is 38.9 Å². The van der Waals surface area contributed by atoms with Crippen LogP contribution >= 0.6 is 0 Å². The molecule has 6 nitrogen and oxygen atoms in total. The second kappa shape index (κ2) is 7.25. The molecule has 0 unspecified atom stereocenters. The van der Waals surface area contributed by atoms with Crippen LogP contribution in [0.4, 0.5) is 0 Å². The zero-order valence-corrected chi connectivity index (χ0v) is 14.9. The first-order valence-electron chi connectivity index (χ1n) is 9.04. The Labute approximate surface area is 152 Å². The van der Waals surface area contributed by atoms with E-state index in [1.54, 1.807) is 6.20 Å². The third-order valence-corrected chi connectivity index (χ3v) is 4.93. The zero-order valence-electron chi connectivity index (χ0n) is 14.9. The molecule has 1 saturated heterocycles. The van der Waals surface area contributed by atoms with Gasteiger partial charge in [-0.2, -0.15) is 0 Å². The number of aromatic nitrogens is 3. The molecular formula is C20H23N5O. The van der Waals surface area contributed by atoms with Gasteiger partial charge in [-0.25, -0.2) is 0 Å². The van der Waals surface area contributed by atoms with Gasteiger partial charge in [-0.15, -0.1) is 0 Å². The van der Waals surface area contributed by atoms with Crippen LogP contribution in [0.3, 0.4) is 0 Å². The smallest absolute Gasteiger partial charge is 0.217 e. The summed E-state index contributed by atoms with van der Waals surface area (Å²) in [7, 11) is 0. The Morgan fingerprint density at radius 3 is 3.15 bits per heavy atom. The molecule has 1 aliphatic rings. The predicted molar refractivity (Wildman–Crippen MR) is 100 cm³/mol. The van der Waals surface area contributed by atoms with Gasteiger partial charge in [0.2, 0.25) is 5.91 Å². The second-order valence-corrected chi connectivity index (χ2v) is 6.87. The number of likely N-dealkylation sites (tertiary alicyclic amines) is 1. The molecule has 1 atom stereocenters. The monoisotopic (exact) mass is 349 g/mol. The largest absolute Gasteiger partial charge is 0.361 e. The van der Waals surface area contributed by atoms with Gasteiger partial charge in [-0.3, -0.25) is 19.7 Å². The molecule has 0 aliphatic carbocycles. The molecule has 0 bridgehead atoms. The van der Waals surface area contributed by atoms with Gasteiger partial charge in [0.05, 0.1) is 36.4 Å². The van der Waals surface area contributed by atoms with Crippen molar-refractivity contribution < 1.29 is 4.79 Å². The summed E-state index contributed by atoms with van der Waals surface area (Å²) >= 11 is 0. The number of H-pyrrole nitrogens is 1. The zero-order chi connectivity index (χ0) is 17.9.